The Morgan fingerprint density at radius 3 is 2.07 bits per heavy atom. The van der Waals surface area contributed by atoms with E-state index in [0.717, 1.165) is 0 Å². The van der Waals surface area contributed by atoms with Crippen LogP contribution in [0.1, 0.15) is 34.1 Å². The third kappa shape index (κ3) is 5.52. The fourth-order valence-electron chi connectivity index (χ4n) is 1.23. The maximum atomic E-state index is 11.5. The lowest BCUT2D eigenvalue weighted by Gasteiger charge is -2.20. The molecule has 0 radical (unpaired) electrons. The van der Waals surface area contributed by atoms with Crippen LogP contribution in [0.5, 0.6) is 0 Å². The van der Waals surface area contributed by atoms with Crippen molar-refractivity contribution in [2.24, 2.45) is 5.92 Å². The number of rotatable bonds is 6. The molecule has 0 aromatic rings. The summed E-state index contributed by atoms with van der Waals surface area (Å²) >= 11 is 0. The zero-order chi connectivity index (χ0) is 12.0. The van der Waals surface area contributed by atoms with E-state index in [4.69, 9.17) is 0 Å². The molecule has 2 atom stereocenters. The number of hydrogen-bond acceptors (Lipinski definition) is 3. The summed E-state index contributed by atoms with van der Waals surface area (Å²) in [6.45, 7) is 7.34. The van der Waals surface area contributed by atoms with E-state index in [1.54, 1.807) is 14.0 Å². The maximum Gasteiger partial charge on any atom is 0.237 e. The smallest absolute Gasteiger partial charge is 0.237 e. The SMILES string of the molecule is CN[C@@H](C)C(=O)N[C@@H](CC(C)C)C(C)=O. The fourth-order valence-corrected chi connectivity index (χ4v) is 1.23. The molecule has 0 rings (SSSR count). The van der Waals surface area contributed by atoms with Crippen molar-refractivity contribution in [1.29, 1.82) is 0 Å². The van der Waals surface area contributed by atoms with E-state index in [1.165, 1.54) is 6.92 Å². The van der Waals surface area contributed by atoms with Gasteiger partial charge in [-0.05, 0) is 33.2 Å². The third-order valence-corrected chi connectivity index (χ3v) is 2.34. The highest BCUT2D eigenvalue weighted by molar-refractivity contribution is 5.89. The van der Waals surface area contributed by atoms with Gasteiger partial charge in [0, 0.05) is 0 Å². The zero-order valence-corrected chi connectivity index (χ0v) is 10.3. The lowest BCUT2D eigenvalue weighted by Crippen LogP contribution is -2.48. The molecular weight excluding hydrogens is 192 g/mol. The van der Waals surface area contributed by atoms with Crippen LogP contribution in [0.4, 0.5) is 0 Å². The van der Waals surface area contributed by atoms with Gasteiger partial charge in [-0.2, -0.15) is 0 Å². The van der Waals surface area contributed by atoms with Crippen LogP contribution in [0.2, 0.25) is 0 Å². The molecule has 0 bridgehead atoms. The number of ketones is 1. The van der Waals surface area contributed by atoms with Gasteiger partial charge in [0.1, 0.15) is 0 Å². The Labute approximate surface area is 91.8 Å². The zero-order valence-electron chi connectivity index (χ0n) is 10.3. The number of carbonyl (C=O) groups excluding carboxylic acids is 2. The normalized spacial score (nSPS) is 14.8. The maximum absolute atomic E-state index is 11.5. The molecule has 0 fully saturated rings. The lowest BCUT2D eigenvalue weighted by atomic mass is 10.0. The minimum absolute atomic E-state index is 0.0142. The van der Waals surface area contributed by atoms with E-state index < -0.39 is 0 Å². The number of nitrogens with one attached hydrogen (secondary N) is 2. The Hall–Kier alpha value is -0.900. The summed E-state index contributed by atoms with van der Waals surface area (Å²) in [4.78, 5) is 22.8. The Morgan fingerprint density at radius 1 is 1.20 bits per heavy atom. The number of carbonyl (C=O) groups is 2. The molecule has 0 unspecified atom stereocenters. The lowest BCUT2D eigenvalue weighted by molar-refractivity contribution is -0.128. The van der Waals surface area contributed by atoms with Crippen LogP contribution in [-0.2, 0) is 9.59 Å². The van der Waals surface area contributed by atoms with Crippen LogP contribution >= 0.6 is 0 Å². The first-order chi connectivity index (χ1) is 6.88. The van der Waals surface area contributed by atoms with Crippen LogP contribution in [0.25, 0.3) is 0 Å². The molecule has 0 saturated heterocycles. The first kappa shape index (κ1) is 14.1. The summed E-state index contributed by atoms with van der Waals surface area (Å²) in [6, 6.07) is -0.618. The van der Waals surface area contributed by atoms with E-state index in [9.17, 15) is 9.59 Å². The Balaban J connectivity index is 4.29. The van der Waals surface area contributed by atoms with E-state index in [0.29, 0.717) is 12.3 Å². The molecule has 0 spiro atoms. The quantitative estimate of drug-likeness (QED) is 0.685. The van der Waals surface area contributed by atoms with Gasteiger partial charge in [-0.15, -0.1) is 0 Å². The Kier molecular flexibility index (Phi) is 6.17. The van der Waals surface area contributed by atoms with Crippen molar-refractivity contribution in [1.82, 2.24) is 10.6 Å². The van der Waals surface area contributed by atoms with Gasteiger partial charge in [0.15, 0.2) is 5.78 Å². The summed E-state index contributed by atoms with van der Waals surface area (Å²) in [5.41, 5.74) is 0. The van der Waals surface area contributed by atoms with E-state index in [-0.39, 0.29) is 23.8 Å². The van der Waals surface area contributed by atoms with Crippen molar-refractivity contribution in [3.63, 3.8) is 0 Å². The van der Waals surface area contributed by atoms with Crippen LogP contribution in [0, 0.1) is 5.92 Å². The van der Waals surface area contributed by atoms with Crippen LogP contribution in [-0.4, -0.2) is 30.8 Å². The molecule has 0 aliphatic rings. The van der Waals surface area contributed by atoms with Gasteiger partial charge in [-0.1, -0.05) is 13.8 Å². The topological polar surface area (TPSA) is 58.2 Å². The minimum atomic E-state index is -0.353. The monoisotopic (exact) mass is 214 g/mol. The Bertz CT molecular complexity index is 227. The molecular formula is C11H22N2O2. The molecule has 15 heavy (non-hydrogen) atoms. The van der Waals surface area contributed by atoms with Gasteiger partial charge in [-0.3, -0.25) is 9.59 Å². The summed E-state index contributed by atoms with van der Waals surface area (Å²) in [6.07, 6.45) is 0.692. The van der Waals surface area contributed by atoms with Gasteiger partial charge in [0.05, 0.1) is 12.1 Å². The third-order valence-electron chi connectivity index (χ3n) is 2.34. The largest absolute Gasteiger partial charge is 0.345 e. The van der Waals surface area contributed by atoms with Crippen LogP contribution in [0.15, 0.2) is 0 Å². The molecule has 0 heterocycles. The molecule has 0 saturated carbocycles. The molecule has 0 aliphatic heterocycles. The second-order valence-corrected chi connectivity index (χ2v) is 4.31. The predicted octanol–water partition coefficient (Wildman–Crippen LogP) is 0.714. The molecule has 88 valence electrons. The number of hydrogen-bond donors (Lipinski definition) is 2. The predicted molar refractivity (Wildman–Crippen MR) is 60.6 cm³/mol. The standard InChI is InChI=1S/C11H22N2O2/c1-7(2)6-10(9(4)14)13-11(15)8(3)12-5/h7-8,10,12H,6H2,1-5H3,(H,13,15)/t8-,10-/m0/s1. The summed E-state index contributed by atoms with van der Waals surface area (Å²) in [7, 11) is 1.72. The number of likely N-dealkylation sites (N-methyl/N-ethyl adjacent to an activating group) is 1. The molecule has 1 amide bonds. The van der Waals surface area contributed by atoms with Crippen LogP contribution < -0.4 is 10.6 Å². The molecule has 2 N–H and O–H groups in total. The molecule has 0 aromatic heterocycles. The highest BCUT2D eigenvalue weighted by Crippen LogP contribution is 2.05. The molecule has 0 aliphatic carbocycles. The van der Waals surface area contributed by atoms with Crippen molar-refractivity contribution < 1.29 is 9.59 Å². The summed E-state index contributed by atoms with van der Waals surface area (Å²) < 4.78 is 0. The van der Waals surface area contributed by atoms with Crippen molar-refractivity contribution in [2.75, 3.05) is 7.05 Å². The van der Waals surface area contributed by atoms with E-state index in [2.05, 4.69) is 10.6 Å². The highest BCUT2D eigenvalue weighted by Gasteiger charge is 2.20. The van der Waals surface area contributed by atoms with Crippen molar-refractivity contribution in [2.45, 2.75) is 46.2 Å². The van der Waals surface area contributed by atoms with Gasteiger partial charge in [0.2, 0.25) is 5.91 Å². The van der Waals surface area contributed by atoms with Gasteiger partial charge in [0.25, 0.3) is 0 Å². The van der Waals surface area contributed by atoms with Crippen LogP contribution in [0.3, 0.4) is 0 Å². The summed E-state index contributed by atoms with van der Waals surface area (Å²) in [5, 5.41) is 5.59. The van der Waals surface area contributed by atoms with Crippen molar-refractivity contribution in [3.05, 3.63) is 0 Å². The second-order valence-electron chi connectivity index (χ2n) is 4.31. The average molecular weight is 214 g/mol. The van der Waals surface area contributed by atoms with Gasteiger partial charge >= 0.3 is 0 Å². The molecule has 4 heteroatoms. The van der Waals surface area contributed by atoms with Crippen molar-refractivity contribution >= 4 is 11.7 Å². The average Bonchev–Trinajstić information content (AvgIpc) is 2.14. The first-order valence-electron chi connectivity index (χ1n) is 5.36. The summed E-state index contributed by atoms with van der Waals surface area (Å²) in [5.74, 6) is 0.280. The molecule has 0 aromatic carbocycles. The van der Waals surface area contributed by atoms with E-state index in [1.807, 2.05) is 13.8 Å². The second kappa shape index (κ2) is 6.56. The Morgan fingerprint density at radius 2 is 1.73 bits per heavy atom. The number of Topliss-reactive ketones (excluding diaryl/α,β-unsaturated/α-hetero) is 1. The minimum Gasteiger partial charge on any atom is -0.345 e. The molecule has 4 nitrogen and oxygen atoms in total. The number of amides is 1. The fraction of sp³-hybridized carbons (Fsp3) is 0.818. The highest BCUT2D eigenvalue weighted by atomic mass is 16.2. The van der Waals surface area contributed by atoms with Gasteiger partial charge < -0.3 is 10.6 Å². The van der Waals surface area contributed by atoms with Gasteiger partial charge in [-0.25, -0.2) is 0 Å². The van der Waals surface area contributed by atoms with Crippen molar-refractivity contribution in [3.8, 4) is 0 Å². The first-order valence-corrected chi connectivity index (χ1v) is 5.36. The van der Waals surface area contributed by atoms with E-state index >= 15 is 0 Å².